The lowest BCUT2D eigenvalue weighted by molar-refractivity contribution is 1.19. The quantitative estimate of drug-likeness (QED) is 0.783. The van der Waals surface area contributed by atoms with Crippen LogP contribution in [-0.4, -0.2) is 4.98 Å². The summed E-state index contributed by atoms with van der Waals surface area (Å²) in [6, 6.07) is 9.66. The molecule has 0 aliphatic heterocycles. The second-order valence-electron chi connectivity index (χ2n) is 3.09. The highest BCUT2D eigenvalue weighted by molar-refractivity contribution is 7.10. The van der Waals surface area contributed by atoms with Crippen molar-refractivity contribution in [1.82, 2.24) is 4.98 Å². The number of hydrogen-bond acceptors (Lipinski definition) is 4. The van der Waals surface area contributed by atoms with Gasteiger partial charge in [-0.15, -0.1) is 11.3 Å². The van der Waals surface area contributed by atoms with Gasteiger partial charge in [-0.25, -0.2) is 4.98 Å². The van der Waals surface area contributed by atoms with E-state index in [1.54, 1.807) is 0 Å². The lowest BCUT2D eigenvalue weighted by atomic mass is 10.1. The molecule has 74 valence electrons. The molecule has 0 bridgehead atoms. The van der Waals surface area contributed by atoms with Gasteiger partial charge in [0.2, 0.25) is 0 Å². The Labute approximate surface area is 91.8 Å². The number of rotatable bonds is 2. The molecule has 0 aliphatic carbocycles. The standard InChI is InChI=1S/C11H9N3S/c12-5-4-11-14-10(7-15-11)8-2-1-3-9(13)6-8/h1-3,6-7H,4,13H2. The van der Waals surface area contributed by atoms with Crippen molar-refractivity contribution in [3.8, 4) is 17.3 Å². The maximum absolute atomic E-state index is 8.54. The van der Waals surface area contributed by atoms with Crippen molar-refractivity contribution in [3.63, 3.8) is 0 Å². The van der Waals surface area contributed by atoms with E-state index in [0.29, 0.717) is 6.42 Å². The first-order chi connectivity index (χ1) is 7.29. The minimum Gasteiger partial charge on any atom is -0.399 e. The van der Waals surface area contributed by atoms with Crippen LogP contribution in [0.3, 0.4) is 0 Å². The fraction of sp³-hybridized carbons (Fsp3) is 0.0909. The van der Waals surface area contributed by atoms with E-state index in [1.807, 2.05) is 29.6 Å². The van der Waals surface area contributed by atoms with E-state index in [0.717, 1.165) is 22.0 Å². The van der Waals surface area contributed by atoms with Gasteiger partial charge in [-0.3, -0.25) is 0 Å². The van der Waals surface area contributed by atoms with E-state index in [1.165, 1.54) is 11.3 Å². The Bertz CT molecular complexity index is 511. The average Bonchev–Trinajstić information content (AvgIpc) is 2.67. The largest absolute Gasteiger partial charge is 0.399 e. The van der Waals surface area contributed by atoms with Gasteiger partial charge in [0.25, 0.3) is 0 Å². The third-order valence-electron chi connectivity index (χ3n) is 1.96. The molecule has 0 aliphatic rings. The lowest BCUT2D eigenvalue weighted by Gasteiger charge is -1.97. The highest BCUT2D eigenvalue weighted by atomic mass is 32.1. The molecular formula is C11H9N3S. The summed E-state index contributed by atoms with van der Waals surface area (Å²) in [7, 11) is 0. The Balaban J connectivity index is 2.34. The van der Waals surface area contributed by atoms with Crippen LogP contribution in [0.25, 0.3) is 11.3 Å². The Morgan fingerprint density at radius 1 is 1.47 bits per heavy atom. The van der Waals surface area contributed by atoms with Crippen molar-refractivity contribution in [2.24, 2.45) is 0 Å². The number of nitrogens with zero attached hydrogens (tertiary/aromatic N) is 2. The van der Waals surface area contributed by atoms with E-state index in [-0.39, 0.29) is 0 Å². The molecule has 1 aromatic carbocycles. The molecule has 0 atom stereocenters. The zero-order chi connectivity index (χ0) is 10.7. The van der Waals surface area contributed by atoms with Gasteiger partial charge >= 0.3 is 0 Å². The van der Waals surface area contributed by atoms with E-state index in [9.17, 15) is 0 Å². The smallest absolute Gasteiger partial charge is 0.107 e. The number of benzene rings is 1. The zero-order valence-corrected chi connectivity index (χ0v) is 8.79. The molecule has 0 amide bonds. The second-order valence-corrected chi connectivity index (χ2v) is 4.03. The number of nitrogens with two attached hydrogens (primary N) is 1. The van der Waals surface area contributed by atoms with Crippen LogP contribution in [0.1, 0.15) is 5.01 Å². The van der Waals surface area contributed by atoms with Crippen molar-refractivity contribution in [2.75, 3.05) is 5.73 Å². The molecule has 2 N–H and O–H groups in total. The SMILES string of the molecule is N#CCc1nc(-c2cccc(N)c2)cs1. The van der Waals surface area contributed by atoms with Crippen molar-refractivity contribution < 1.29 is 0 Å². The molecule has 0 spiro atoms. The van der Waals surface area contributed by atoms with Crippen LogP contribution in [0.15, 0.2) is 29.6 Å². The molecule has 1 aromatic heterocycles. The van der Waals surface area contributed by atoms with Gasteiger partial charge in [0, 0.05) is 16.6 Å². The topological polar surface area (TPSA) is 62.7 Å². The van der Waals surface area contributed by atoms with E-state index in [2.05, 4.69) is 11.1 Å². The Morgan fingerprint density at radius 2 is 2.33 bits per heavy atom. The summed E-state index contributed by atoms with van der Waals surface area (Å²) in [5.41, 5.74) is 8.29. The number of nitrogen functional groups attached to an aromatic ring is 1. The zero-order valence-electron chi connectivity index (χ0n) is 7.97. The average molecular weight is 215 g/mol. The van der Waals surface area contributed by atoms with Crippen molar-refractivity contribution in [3.05, 3.63) is 34.7 Å². The Morgan fingerprint density at radius 3 is 3.07 bits per heavy atom. The van der Waals surface area contributed by atoms with Gasteiger partial charge in [-0.05, 0) is 12.1 Å². The summed E-state index contributed by atoms with van der Waals surface area (Å²) >= 11 is 1.50. The molecule has 0 saturated heterocycles. The molecule has 15 heavy (non-hydrogen) atoms. The summed E-state index contributed by atoms with van der Waals surface area (Å²) in [6.07, 6.45) is 0.368. The van der Waals surface area contributed by atoms with Gasteiger partial charge in [0.15, 0.2) is 0 Å². The van der Waals surface area contributed by atoms with Gasteiger partial charge in [-0.1, -0.05) is 12.1 Å². The van der Waals surface area contributed by atoms with E-state index in [4.69, 9.17) is 11.0 Å². The molecule has 4 heteroatoms. The minimum atomic E-state index is 0.368. The van der Waals surface area contributed by atoms with E-state index >= 15 is 0 Å². The van der Waals surface area contributed by atoms with Crippen molar-refractivity contribution >= 4 is 17.0 Å². The summed E-state index contributed by atoms with van der Waals surface area (Å²) in [4.78, 5) is 4.35. The highest BCUT2D eigenvalue weighted by Gasteiger charge is 2.03. The molecular weight excluding hydrogens is 206 g/mol. The molecule has 0 unspecified atom stereocenters. The van der Waals surface area contributed by atoms with Crippen LogP contribution in [0.2, 0.25) is 0 Å². The molecule has 2 aromatic rings. The third-order valence-corrected chi connectivity index (χ3v) is 2.81. The minimum absolute atomic E-state index is 0.368. The Hall–Kier alpha value is -1.86. The summed E-state index contributed by atoms with van der Waals surface area (Å²) in [5.74, 6) is 0. The first-order valence-electron chi connectivity index (χ1n) is 4.47. The van der Waals surface area contributed by atoms with Gasteiger partial charge in [0.05, 0.1) is 18.2 Å². The monoisotopic (exact) mass is 215 g/mol. The van der Waals surface area contributed by atoms with Crippen LogP contribution in [0.4, 0.5) is 5.69 Å². The summed E-state index contributed by atoms with van der Waals surface area (Å²) in [5, 5.41) is 11.3. The van der Waals surface area contributed by atoms with Gasteiger partial charge < -0.3 is 5.73 Å². The van der Waals surface area contributed by atoms with Crippen LogP contribution >= 0.6 is 11.3 Å². The van der Waals surface area contributed by atoms with E-state index < -0.39 is 0 Å². The molecule has 3 nitrogen and oxygen atoms in total. The molecule has 0 fully saturated rings. The maximum atomic E-state index is 8.54. The fourth-order valence-corrected chi connectivity index (χ4v) is 2.03. The van der Waals surface area contributed by atoms with Crippen molar-refractivity contribution in [2.45, 2.75) is 6.42 Å². The third kappa shape index (κ3) is 2.14. The van der Waals surface area contributed by atoms with Crippen LogP contribution in [-0.2, 0) is 6.42 Å². The maximum Gasteiger partial charge on any atom is 0.107 e. The fourth-order valence-electron chi connectivity index (χ4n) is 1.29. The first-order valence-corrected chi connectivity index (χ1v) is 5.35. The number of thiazole rings is 1. The van der Waals surface area contributed by atoms with Crippen LogP contribution in [0, 0.1) is 11.3 Å². The number of anilines is 1. The second kappa shape index (κ2) is 4.11. The predicted molar refractivity (Wildman–Crippen MR) is 61.3 cm³/mol. The number of aromatic nitrogens is 1. The summed E-state index contributed by atoms with van der Waals surface area (Å²) < 4.78 is 0. The molecule has 1 heterocycles. The normalized spacial score (nSPS) is 9.80. The Kier molecular flexibility index (Phi) is 2.66. The highest BCUT2D eigenvalue weighted by Crippen LogP contribution is 2.23. The lowest BCUT2D eigenvalue weighted by Crippen LogP contribution is -1.85. The van der Waals surface area contributed by atoms with Crippen LogP contribution in [0.5, 0.6) is 0 Å². The van der Waals surface area contributed by atoms with Crippen molar-refractivity contribution in [1.29, 1.82) is 5.26 Å². The van der Waals surface area contributed by atoms with Crippen LogP contribution < -0.4 is 5.73 Å². The predicted octanol–water partition coefficient (Wildman–Crippen LogP) is 2.46. The molecule has 0 radical (unpaired) electrons. The van der Waals surface area contributed by atoms with Gasteiger partial charge in [-0.2, -0.15) is 5.26 Å². The molecule has 0 saturated carbocycles. The number of hydrogen-bond donors (Lipinski definition) is 1. The number of nitriles is 1. The first kappa shape index (κ1) is 9.69. The summed E-state index contributed by atoms with van der Waals surface area (Å²) in [6.45, 7) is 0. The molecule has 2 rings (SSSR count). The van der Waals surface area contributed by atoms with Gasteiger partial charge in [0.1, 0.15) is 5.01 Å².